The molecule has 1 rings (SSSR count). The number of unbranched alkanes of at least 4 members (excludes halogenated alkanes) is 2. The van der Waals surface area contributed by atoms with E-state index in [2.05, 4.69) is 39.8 Å². The summed E-state index contributed by atoms with van der Waals surface area (Å²) in [6, 6.07) is 2.01. The van der Waals surface area contributed by atoms with E-state index in [1.54, 1.807) is 13.3 Å². The average molecular weight is 334 g/mol. The Hall–Kier alpha value is -0.360. The molecule has 0 radical (unpaired) electrons. The van der Waals surface area contributed by atoms with Crippen LogP contribution in [0.3, 0.4) is 0 Å². The molecular weight excluding hydrogens is 315 g/mol. The summed E-state index contributed by atoms with van der Waals surface area (Å²) in [7, 11) is 1.67. The number of rotatable bonds is 7. The second kappa shape index (κ2) is 7.84. The minimum Gasteiger partial charge on any atom is -0.481 e. The third-order valence-corrected chi connectivity index (χ3v) is 3.42. The van der Waals surface area contributed by atoms with E-state index >= 15 is 0 Å². The van der Waals surface area contributed by atoms with Crippen LogP contribution in [-0.2, 0) is 6.54 Å². The number of halogens is 1. The Bertz CT molecular complexity index is 318. The largest absolute Gasteiger partial charge is 0.481 e. The highest BCUT2D eigenvalue weighted by molar-refractivity contribution is 14.1. The van der Waals surface area contributed by atoms with E-state index in [-0.39, 0.29) is 0 Å². The molecule has 0 atom stereocenters. The van der Waals surface area contributed by atoms with Crippen LogP contribution < -0.4 is 10.1 Å². The highest BCUT2D eigenvalue weighted by Crippen LogP contribution is 2.20. The number of pyridine rings is 1. The molecule has 0 aliphatic heterocycles. The number of methoxy groups -OCH3 is 1. The molecule has 0 amide bonds. The molecule has 1 N–H and O–H groups in total. The zero-order chi connectivity index (χ0) is 11.8. The van der Waals surface area contributed by atoms with Gasteiger partial charge in [-0.05, 0) is 41.6 Å². The summed E-state index contributed by atoms with van der Waals surface area (Å²) in [5.41, 5.74) is 1.15. The van der Waals surface area contributed by atoms with Crippen molar-refractivity contribution >= 4 is 22.6 Å². The molecule has 0 aliphatic rings. The first-order valence-corrected chi connectivity index (χ1v) is 6.75. The monoisotopic (exact) mass is 334 g/mol. The van der Waals surface area contributed by atoms with Crippen molar-refractivity contribution in [2.24, 2.45) is 0 Å². The topological polar surface area (TPSA) is 34.2 Å². The lowest BCUT2D eigenvalue weighted by Crippen LogP contribution is -2.16. The number of hydrogen-bond donors (Lipinski definition) is 1. The number of aromatic nitrogens is 1. The van der Waals surface area contributed by atoms with Crippen LogP contribution in [0.15, 0.2) is 12.3 Å². The minimum absolute atomic E-state index is 0.731. The molecule has 0 aliphatic carbocycles. The molecule has 0 unspecified atom stereocenters. The van der Waals surface area contributed by atoms with E-state index in [1.807, 2.05) is 6.07 Å². The van der Waals surface area contributed by atoms with Gasteiger partial charge >= 0.3 is 0 Å². The lowest BCUT2D eigenvalue weighted by Gasteiger charge is -2.10. The van der Waals surface area contributed by atoms with Gasteiger partial charge in [0.2, 0.25) is 5.88 Å². The van der Waals surface area contributed by atoms with Gasteiger partial charge in [-0.25, -0.2) is 4.98 Å². The molecule has 0 fully saturated rings. The maximum absolute atomic E-state index is 5.25. The fourth-order valence-corrected chi connectivity index (χ4v) is 2.08. The van der Waals surface area contributed by atoms with Gasteiger partial charge in [-0.15, -0.1) is 0 Å². The molecule has 16 heavy (non-hydrogen) atoms. The lowest BCUT2D eigenvalue weighted by molar-refractivity contribution is 0.390. The summed E-state index contributed by atoms with van der Waals surface area (Å²) >= 11 is 2.32. The predicted octanol–water partition coefficient (Wildman–Crippen LogP) is 2.97. The minimum atomic E-state index is 0.731. The van der Waals surface area contributed by atoms with Crippen molar-refractivity contribution in [1.29, 1.82) is 0 Å². The van der Waals surface area contributed by atoms with Gasteiger partial charge in [0, 0.05) is 21.9 Å². The van der Waals surface area contributed by atoms with E-state index in [0.717, 1.165) is 24.5 Å². The normalized spacial score (nSPS) is 10.4. The molecule has 0 saturated carbocycles. The van der Waals surface area contributed by atoms with Crippen LogP contribution in [0.5, 0.6) is 5.88 Å². The van der Waals surface area contributed by atoms with Gasteiger partial charge in [-0.3, -0.25) is 0 Å². The van der Waals surface area contributed by atoms with Gasteiger partial charge in [0.05, 0.1) is 7.11 Å². The predicted molar refractivity (Wildman–Crippen MR) is 74.7 cm³/mol. The van der Waals surface area contributed by atoms with Crippen LogP contribution in [0.2, 0.25) is 0 Å². The summed E-state index contributed by atoms with van der Waals surface area (Å²) in [4.78, 5) is 4.21. The Balaban J connectivity index is 2.46. The van der Waals surface area contributed by atoms with Gasteiger partial charge in [0.1, 0.15) is 0 Å². The molecular formula is C12H19IN2O. The van der Waals surface area contributed by atoms with Crippen LogP contribution in [-0.4, -0.2) is 18.6 Å². The zero-order valence-corrected chi connectivity index (χ0v) is 12.1. The SMILES string of the molecule is CCCCCNCc1c(I)ccnc1OC. The highest BCUT2D eigenvalue weighted by atomic mass is 127. The first-order valence-electron chi connectivity index (χ1n) is 5.67. The summed E-state index contributed by atoms with van der Waals surface area (Å²) in [5.74, 6) is 0.731. The van der Waals surface area contributed by atoms with Crippen LogP contribution in [0.1, 0.15) is 31.7 Å². The van der Waals surface area contributed by atoms with E-state index in [9.17, 15) is 0 Å². The summed E-state index contributed by atoms with van der Waals surface area (Å²) in [5, 5.41) is 3.43. The third kappa shape index (κ3) is 4.25. The first kappa shape index (κ1) is 13.7. The Labute approximate surface area is 111 Å². The van der Waals surface area contributed by atoms with Crippen molar-refractivity contribution in [3.63, 3.8) is 0 Å². The van der Waals surface area contributed by atoms with Gasteiger partial charge in [0.15, 0.2) is 0 Å². The summed E-state index contributed by atoms with van der Waals surface area (Å²) < 4.78 is 6.45. The van der Waals surface area contributed by atoms with E-state index < -0.39 is 0 Å². The van der Waals surface area contributed by atoms with E-state index in [0.29, 0.717) is 0 Å². The van der Waals surface area contributed by atoms with Gasteiger partial charge < -0.3 is 10.1 Å². The Morgan fingerprint density at radius 3 is 2.94 bits per heavy atom. The quantitative estimate of drug-likeness (QED) is 0.615. The molecule has 0 spiro atoms. The Morgan fingerprint density at radius 1 is 1.44 bits per heavy atom. The van der Waals surface area contributed by atoms with Crippen LogP contribution in [0.25, 0.3) is 0 Å². The number of nitrogens with zero attached hydrogens (tertiary/aromatic N) is 1. The summed E-state index contributed by atoms with van der Waals surface area (Å²) in [6.45, 7) is 4.11. The van der Waals surface area contributed by atoms with E-state index in [1.165, 1.54) is 22.8 Å². The molecule has 0 aromatic carbocycles. The molecule has 0 saturated heterocycles. The van der Waals surface area contributed by atoms with Crippen molar-refractivity contribution in [2.45, 2.75) is 32.7 Å². The van der Waals surface area contributed by atoms with Crippen LogP contribution in [0.4, 0.5) is 0 Å². The molecule has 3 nitrogen and oxygen atoms in total. The Morgan fingerprint density at radius 2 is 2.25 bits per heavy atom. The van der Waals surface area contributed by atoms with Gasteiger partial charge in [-0.2, -0.15) is 0 Å². The fraction of sp³-hybridized carbons (Fsp3) is 0.583. The van der Waals surface area contributed by atoms with Crippen molar-refractivity contribution in [3.8, 4) is 5.88 Å². The van der Waals surface area contributed by atoms with Crippen molar-refractivity contribution in [1.82, 2.24) is 10.3 Å². The first-order chi connectivity index (χ1) is 7.79. The number of ether oxygens (including phenoxy) is 1. The third-order valence-electron chi connectivity index (χ3n) is 2.41. The second-order valence-electron chi connectivity index (χ2n) is 3.66. The molecule has 90 valence electrons. The maximum atomic E-state index is 5.25. The average Bonchev–Trinajstić information content (AvgIpc) is 2.30. The lowest BCUT2D eigenvalue weighted by atomic mass is 10.2. The van der Waals surface area contributed by atoms with Crippen LogP contribution >= 0.6 is 22.6 Å². The number of nitrogens with one attached hydrogen (secondary N) is 1. The fourth-order valence-electron chi connectivity index (χ4n) is 1.50. The van der Waals surface area contributed by atoms with E-state index in [4.69, 9.17) is 4.74 Å². The zero-order valence-electron chi connectivity index (χ0n) is 9.92. The number of hydrogen-bond acceptors (Lipinski definition) is 3. The highest BCUT2D eigenvalue weighted by Gasteiger charge is 2.07. The molecule has 1 aromatic rings. The molecule has 1 heterocycles. The standard InChI is InChI=1S/C12H19IN2O/c1-3-4-5-7-14-9-10-11(13)6-8-15-12(10)16-2/h6,8,14H,3-5,7,9H2,1-2H3. The van der Waals surface area contributed by atoms with Crippen molar-refractivity contribution in [3.05, 3.63) is 21.4 Å². The maximum Gasteiger partial charge on any atom is 0.218 e. The van der Waals surface area contributed by atoms with Crippen molar-refractivity contribution < 1.29 is 4.74 Å². The van der Waals surface area contributed by atoms with Gasteiger partial charge in [-0.1, -0.05) is 19.8 Å². The molecule has 1 aromatic heterocycles. The second-order valence-corrected chi connectivity index (χ2v) is 4.83. The Kier molecular flexibility index (Phi) is 6.71. The van der Waals surface area contributed by atoms with Crippen LogP contribution in [0, 0.1) is 3.57 Å². The molecule has 0 bridgehead atoms. The molecule has 4 heteroatoms. The van der Waals surface area contributed by atoms with Gasteiger partial charge in [0.25, 0.3) is 0 Å². The summed E-state index contributed by atoms with van der Waals surface area (Å²) in [6.07, 6.45) is 5.56. The smallest absolute Gasteiger partial charge is 0.218 e. The van der Waals surface area contributed by atoms with Crippen molar-refractivity contribution in [2.75, 3.05) is 13.7 Å².